The Morgan fingerprint density at radius 3 is 2.76 bits per heavy atom. The van der Waals surface area contributed by atoms with E-state index >= 15 is 0 Å². The lowest BCUT2D eigenvalue weighted by Gasteiger charge is -2.27. The minimum Gasteiger partial charge on any atom is -0.460 e. The molecule has 0 bridgehead atoms. The fourth-order valence-corrected chi connectivity index (χ4v) is 3.05. The summed E-state index contributed by atoms with van der Waals surface area (Å²) < 4.78 is 24.9. The Morgan fingerprint density at radius 1 is 1.40 bits per heavy atom. The fraction of sp³-hybridized carbons (Fsp3) is 0.444. The van der Waals surface area contributed by atoms with Gasteiger partial charge in [-0.05, 0) is 32.9 Å². The number of benzene rings is 1. The van der Waals surface area contributed by atoms with Crippen molar-refractivity contribution in [3.63, 3.8) is 0 Å². The highest BCUT2D eigenvalue weighted by atomic mass is 35.5. The van der Waals surface area contributed by atoms with Crippen LogP contribution in [0.5, 0.6) is 0 Å². The van der Waals surface area contributed by atoms with E-state index in [0.29, 0.717) is 5.70 Å². The molecule has 0 spiro atoms. The lowest BCUT2D eigenvalue weighted by atomic mass is 9.84. The summed E-state index contributed by atoms with van der Waals surface area (Å²) in [6.07, 6.45) is -0.0520. The first-order valence-corrected chi connectivity index (χ1v) is 8.42. The third-order valence-electron chi connectivity index (χ3n) is 3.80. The number of nitrogens with one attached hydrogen (secondary N) is 1. The van der Waals surface area contributed by atoms with Crippen molar-refractivity contribution in [1.29, 1.82) is 0 Å². The molecule has 0 fully saturated rings. The van der Waals surface area contributed by atoms with E-state index in [9.17, 15) is 14.0 Å². The summed E-state index contributed by atoms with van der Waals surface area (Å²) in [6, 6.07) is 4.26. The lowest BCUT2D eigenvalue weighted by Crippen LogP contribution is -2.34. The molecule has 1 aliphatic rings. The van der Waals surface area contributed by atoms with Gasteiger partial charge in [0.1, 0.15) is 12.4 Å². The van der Waals surface area contributed by atoms with E-state index in [-0.39, 0.29) is 47.8 Å². The first-order valence-electron chi connectivity index (χ1n) is 8.04. The number of amides is 1. The molecule has 0 saturated heterocycles. The van der Waals surface area contributed by atoms with Gasteiger partial charge in [0, 0.05) is 28.6 Å². The molecule has 1 amide bonds. The summed E-state index contributed by atoms with van der Waals surface area (Å²) in [5.74, 6) is -2.27. The van der Waals surface area contributed by atoms with Crippen molar-refractivity contribution >= 4 is 23.5 Å². The molecular weight excluding hydrogens is 349 g/mol. The summed E-state index contributed by atoms with van der Waals surface area (Å²) in [5, 5.41) is 2.77. The molecule has 7 heteroatoms. The molecule has 5 nitrogen and oxygen atoms in total. The predicted molar refractivity (Wildman–Crippen MR) is 91.7 cm³/mol. The Labute approximate surface area is 151 Å². The number of hydrogen-bond acceptors (Lipinski definition) is 4. The SMILES string of the molecule is CC1=C(C(=O)OCCOC(C)C)C(c2c(F)cccc2Cl)CC(=O)N1. The van der Waals surface area contributed by atoms with Crippen molar-refractivity contribution < 1.29 is 23.5 Å². The van der Waals surface area contributed by atoms with Gasteiger partial charge in [-0.2, -0.15) is 0 Å². The van der Waals surface area contributed by atoms with Crippen molar-refractivity contribution in [1.82, 2.24) is 5.32 Å². The summed E-state index contributed by atoms with van der Waals surface area (Å²) in [7, 11) is 0. The summed E-state index contributed by atoms with van der Waals surface area (Å²) in [4.78, 5) is 24.4. The summed E-state index contributed by atoms with van der Waals surface area (Å²) in [5.41, 5.74) is 0.676. The largest absolute Gasteiger partial charge is 0.460 e. The minimum absolute atomic E-state index is 0.0265. The number of carbonyl (C=O) groups is 2. The van der Waals surface area contributed by atoms with Gasteiger partial charge in [0.15, 0.2) is 0 Å². The van der Waals surface area contributed by atoms with E-state index in [1.54, 1.807) is 6.92 Å². The zero-order valence-corrected chi connectivity index (χ0v) is 15.2. The maximum atomic E-state index is 14.3. The van der Waals surface area contributed by atoms with Gasteiger partial charge in [-0.15, -0.1) is 0 Å². The van der Waals surface area contributed by atoms with E-state index in [2.05, 4.69) is 5.32 Å². The highest BCUT2D eigenvalue weighted by Gasteiger charge is 2.35. The lowest BCUT2D eigenvalue weighted by molar-refractivity contribution is -0.141. The Kier molecular flexibility index (Phi) is 6.56. The number of allylic oxidation sites excluding steroid dienone is 1. The third-order valence-corrected chi connectivity index (χ3v) is 4.13. The Morgan fingerprint density at radius 2 is 2.12 bits per heavy atom. The molecule has 1 aromatic rings. The second-order valence-electron chi connectivity index (χ2n) is 6.03. The molecule has 1 aliphatic heterocycles. The van der Waals surface area contributed by atoms with Gasteiger partial charge in [0.05, 0.1) is 18.3 Å². The van der Waals surface area contributed by atoms with Gasteiger partial charge in [-0.25, -0.2) is 9.18 Å². The quantitative estimate of drug-likeness (QED) is 0.617. The molecule has 1 unspecified atom stereocenters. The van der Waals surface area contributed by atoms with Gasteiger partial charge in [0.2, 0.25) is 5.91 Å². The molecule has 2 rings (SSSR count). The molecule has 1 heterocycles. The zero-order valence-electron chi connectivity index (χ0n) is 14.4. The van der Waals surface area contributed by atoms with Crippen LogP contribution < -0.4 is 5.32 Å². The Bertz CT molecular complexity index is 682. The van der Waals surface area contributed by atoms with Crippen LogP contribution in [0.2, 0.25) is 5.02 Å². The molecule has 136 valence electrons. The first kappa shape index (κ1) is 19.4. The molecule has 1 N–H and O–H groups in total. The number of rotatable bonds is 6. The average molecular weight is 370 g/mol. The van der Waals surface area contributed by atoms with Crippen molar-refractivity contribution in [2.45, 2.75) is 39.2 Å². The van der Waals surface area contributed by atoms with Crippen molar-refractivity contribution in [2.24, 2.45) is 0 Å². The molecule has 1 aromatic carbocycles. The number of ether oxygens (including phenoxy) is 2. The monoisotopic (exact) mass is 369 g/mol. The van der Waals surface area contributed by atoms with Crippen molar-refractivity contribution in [3.05, 3.63) is 45.9 Å². The van der Waals surface area contributed by atoms with E-state index in [0.717, 1.165) is 0 Å². The number of hydrogen-bond donors (Lipinski definition) is 1. The third kappa shape index (κ3) is 4.80. The van der Waals surface area contributed by atoms with E-state index in [1.165, 1.54) is 18.2 Å². The van der Waals surface area contributed by atoms with Crippen LogP contribution in [0.1, 0.15) is 38.7 Å². The van der Waals surface area contributed by atoms with E-state index < -0.39 is 17.7 Å². The van der Waals surface area contributed by atoms with Crippen LogP contribution in [-0.4, -0.2) is 31.2 Å². The molecule has 25 heavy (non-hydrogen) atoms. The van der Waals surface area contributed by atoms with Crippen LogP contribution in [0.15, 0.2) is 29.5 Å². The van der Waals surface area contributed by atoms with Crippen molar-refractivity contribution in [2.75, 3.05) is 13.2 Å². The highest BCUT2D eigenvalue weighted by molar-refractivity contribution is 6.31. The Hall–Kier alpha value is -1.92. The normalized spacial score (nSPS) is 17.7. The van der Waals surface area contributed by atoms with Crippen LogP contribution in [0, 0.1) is 5.82 Å². The molecule has 0 saturated carbocycles. The summed E-state index contributed by atoms with van der Waals surface area (Å²) in [6.45, 7) is 5.66. The summed E-state index contributed by atoms with van der Waals surface area (Å²) >= 11 is 6.12. The topological polar surface area (TPSA) is 64.6 Å². The molecule has 0 aromatic heterocycles. The zero-order chi connectivity index (χ0) is 18.6. The Balaban J connectivity index is 2.27. The van der Waals surface area contributed by atoms with Gasteiger partial charge < -0.3 is 14.8 Å². The van der Waals surface area contributed by atoms with Gasteiger partial charge in [-0.1, -0.05) is 17.7 Å². The van der Waals surface area contributed by atoms with Gasteiger partial charge in [0.25, 0.3) is 0 Å². The smallest absolute Gasteiger partial charge is 0.336 e. The van der Waals surface area contributed by atoms with Gasteiger partial charge in [-0.3, -0.25) is 4.79 Å². The number of esters is 1. The average Bonchev–Trinajstić information content (AvgIpc) is 2.50. The van der Waals surface area contributed by atoms with Crippen LogP contribution in [0.4, 0.5) is 4.39 Å². The molecule has 0 aliphatic carbocycles. The maximum Gasteiger partial charge on any atom is 0.336 e. The minimum atomic E-state index is -0.791. The molecule has 0 radical (unpaired) electrons. The second kappa shape index (κ2) is 8.45. The number of halogens is 2. The fourth-order valence-electron chi connectivity index (χ4n) is 2.76. The molecular formula is C18H21ClFNO4. The number of carbonyl (C=O) groups excluding carboxylic acids is 2. The van der Waals surface area contributed by atoms with Crippen LogP contribution >= 0.6 is 11.6 Å². The van der Waals surface area contributed by atoms with Crippen LogP contribution in [-0.2, 0) is 19.1 Å². The van der Waals surface area contributed by atoms with Crippen LogP contribution in [0.3, 0.4) is 0 Å². The second-order valence-corrected chi connectivity index (χ2v) is 6.44. The highest BCUT2D eigenvalue weighted by Crippen LogP contribution is 2.38. The predicted octanol–water partition coefficient (Wildman–Crippen LogP) is 3.32. The van der Waals surface area contributed by atoms with E-state index in [1.807, 2.05) is 13.8 Å². The van der Waals surface area contributed by atoms with Crippen LogP contribution in [0.25, 0.3) is 0 Å². The van der Waals surface area contributed by atoms with Crippen molar-refractivity contribution in [3.8, 4) is 0 Å². The first-order chi connectivity index (χ1) is 11.8. The van der Waals surface area contributed by atoms with E-state index in [4.69, 9.17) is 21.1 Å². The molecule has 1 atom stereocenters. The van der Waals surface area contributed by atoms with Gasteiger partial charge >= 0.3 is 5.97 Å². The maximum absolute atomic E-state index is 14.3. The standard InChI is InChI=1S/C18H21ClFNO4/c1-10(2)24-7-8-25-18(23)16-11(3)21-15(22)9-12(16)17-13(19)5-4-6-14(17)20/h4-6,10,12H,7-9H2,1-3H3,(H,21,22).